The van der Waals surface area contributed by atoms with Crippen molar-refractivity contribution in [3.8, 4) is 0 Å². The second-order valence-corrected chi connectivity index (χ2v) is 5.03. The molecule has 1 fully saturated rings. The van der Waals surface area contributed by atoms with Crippen LogP contribution < -0.4 is 10.9 Å². The zero-order valence-corrected chi connectivity index (χ0v) is 11.4. The van der Waals surface area contributed by atoms with E-state index in [9.17, 15) is 4.79 Å². The van der Waals surface area contributed by atoms with Gasteiger partial charge in [0.05, 0.1) is 11.9 Å². The number of hydrogen-bond acceptors (Lipinski definition) is 4. The Morgan fingerprint density at radius 2 is 2.29 bits per heavy atom. The third-order valence-electron chi connectivity index (χ3n) is 3.00. The first-order chi connectivity index (χ1) is 8.18. The highest BCUT2D eigenvalue weighted by molar-refractivity contribution is 9.10. The van der Waals surface area contributed by atoms with Gasteiger partial charge < -0.3 is 10.1 Å². The smallest absolute Gasteiger partial charge is 0.282 e. The predicted octanol–water partition coefficient (Wildman–Crippen LogP) is 1.38. The second-order valence-electron chi connectivity index (χ2n) is 4.24. The number of aryl methyl sites for hydroxylation is 1. The molecule has 1 aliphatic rings. The van der Waals surface area contributed by atoms with Gasteiger partial charge in [-0.1, -0.05) is 0 Å². The van der Waals surface area contributed by atoms with E-state index >= 15 is 0 Å². The molecule has 2 rings (SSSR count). The van der Waals surface area contributed by atoms with Gasteiger partial charge in [-0.25, -0.2) is 4.68 Å². The van der Waals surface area contributed by atoms with Crippen molar-refractivity contribution in [2.24, 2.45) is 13.0 Å². The van der Waals surface area contributed by atoms with E-state index in [0.717, 1.165) is 38.3 Å². The van der Waals surface area contributed by atoms with Crippen molar-refractivity contribution in [1.82, 2.24) is 9.78 Å². The van der Waals surface area contributed by atoms with Crippen molar-refractivity contribution in [3.63, 3.8) is 0 Å². The maximum absolute atomic E-state index is 11.6. The second kappa shape index (κ2) is 5.64. The molecule has 0 radical (unpaired) electrons. The van der Waals surface area contributed by atoms with Gasteiger partial charge in [0, 0.05) is 26.8 Å². The Balaban J connectivity index is 1.99. The molecule has 1 aromatic heterocycles. The number of ether oxygens (including phenoxy) is 1. The maximum atomic E-state index is 11.6. The third-order valence-corrected chi connectivity index (χ3v) is 3.77. The molecule has 6 heteroatoms. The highest BCUT2D eigenvalue weighted by Crippen LogP contribution is 2.19. The fourth-order valence-electron chi connectivity index (χ4n) is 1.84. The number of halogens is 1. The first-order valence-corrected chi connectivity index (χ1v) is 6.51. The zero-order chi connectivity index (χ0) is 12.3. The van der Waals surface area contributed by atoms with E-state index in [-0.39, 0.29) is 5.56 Å². The van der Waals surface area contributed by atoms with Crippen molar-refractivity contribution < 1.29 is 4.74 Å². The summed E-state index contributed by atoms with van der Waals surface area (Å²) in [5, 5.41) is 7.26. The monoisotopic (exact) mass is 301 g/mol. The number of nitrogens with zero attached hydrogens (tertiary/aromatic N) is 2. The normalized spacial score (nSPS) is 17.1. The van der Waals surface area contributed by atoms with Crippen molar-refractivity contribution in [1.29, 1.82) is 0 Å². The van der Waals surface area contributed by atoms with E-state index in [0.29, 0.717) is 10.4 Å². The first kappa shape index (κ1) is 12.6. The molecule has 0 aromatic carbocycles. The molecule has 5 nitrogen and oxygen atoms in total. The van der Waals surface area contributed by atoms with Crippen LogP contribution in [0.2, 0.25) is 0 Å². The number of nitrogens with one attached hydrogen (secondary N) is 1. The largest absolute Gasteiger partial charge is 0.382 e. The summed E-state index contributed by atoms with van der Waals surface area (Å²) in [4.78, 5) is 11.6. The van der Waals surface area contributed by atoms with Gasteiger partial charge in [-0.3, -0.25) is 4.79 Å². The van der Waals surface area contributed by atoms with Crippen LogP contribution in [0.25, 0.3) is 0 Å². The van der Waals surface area contributed by atoms with E-state index in [4.69, 9.17) is 4.74 Å². The molecule has 1 N–H and O–H groups in total. The topological polar surface area (TPSA) is 56.1 Å². The van der Waals surface area contributed by atoms with Crippen molar-refractivity contribution in [2.45, 2.75) is 12.8 Å². The van der Waals surface area contributed by atoms with Gasteiger partial charge in [0.15, 0.2) is 0 Å². The highest BCUT2D eigenvalue weighted by atomic mass is 79.9. The van der Waals surface area contributed by atoms with Crippen LogP contribution in [-0.4, -0.2) is 29.5 Å². The lowest BCUT2D eigenvalue weighted by Crippen LogP contribution is -2.25. The molecule has 94 valence electrons. The van der Waals surface area contributed by atoms with Crippen LogP contribution in [0, 0.1) is 5.92 Å². The summed E-state index contributed by atoms with van der Waals surface area (Å²) in [5.74, 6) is 0.611. The molecule has 1 aliphatic heterocycles. The van der Waals surface area contributed by atoms with Crippen LogP contribution in [0.3, 0.4) is 0 Å². The molecular weight excluding hydrogens is 286 g/mol. The van der Waals surface area contributed by atoms with Gasteiger partial charge in [0.2, 0.25) is 0 Å². The number of rotatable bonds is 3. The van der Waals surface area contributed by atoms with Crippen LogP contribution in [0.15, 0.2) is 15.5 Å². The average molecular weight is 302 g/mol. The Kier molecular flexibility index (Phi) is 4.17. The Bertz CT molecular complexity index is 441. The van der Waals surface area contributed by atoms with Crippen LogP contribution in [-0.2, 0) is 11.8 Å². The van der Waals surface area contributed by atoms with Crippen LogP contribution in [0.4, 0.5) is 5.69 Å². The Morgan fingerprint density at radius 1 is 1.59 bits per heavy atom. The summed E-state index contributed by atoms with van der Waals surface area (Å²) in [6.45, 7) is 2.53. The summed E-state index contributed by atoms with van der Waals surface area (Å²) in [7, 11) is 1.63. The first-order valence-electron chi connectivity index (χ1n) is 5.72. The quantitative estimate of drug-likeness (QED) is 0.916. The highest BCUT2D eigenvalue weighted by Gasteiger charge is 2.14. The van der Waals surface area contributed by atoms with Crippen molar-refractivity contribution >= 4 is 21.6 Å². The third kappa shape index (κ3) is 3.07. The molecule has 0 amide bonds. The molecular formula is C11H16BrN3O2. The lowest BCUT2D eigenvalue weighted by atomic mass is 10.0. The summed E-state index contributed by atoms with van der Waals surface area (Å²) in [6.07, 6.45) is 3.82. The van der Waals surface area contributed by atoms with Gasteiger partial charge in [-0.05, 0) is 34.7 Å². The Hall–Kier alpha value is -0.880. The van der Waals surface area contributed by atoms with Crippen LogP contribution >= 0.6 is 15.9 Å². The molecule has 0 aliphatic carbocycles. The lowest BCUT2D eigenvalue weighted by molar-refractivity contribution is 0.0699. The van der Waals surface area contributed by atoms with Gasteiger partial charge in [-0.2, -0.15) is 5.10 Å². The summed E-state index contributed by atoms with van der Waals surface area (Å²) < 4.78 is 7.16. The minimum atomic E-state index is -0.123. The molecule has 2 heterocycles. The number of hydrogen-bond donors (Lipinski definition) is 1. The van der Waals surface area contributed by atoms with Crippen molar-refractivity contribution in [2.75, 3.05) is 25.1 Å². The van der Waals surface area contributed by atoms with Crippen LogP contribution in [0.1, 0.15) is 12.8 Å². The summed E-state index contributed by atoms with van der Waals surface area (Å²) in [6, 6.07) is 0. The molecule has 0 atom stereocenters. The van der Waals surface area contributed by atoms with Gasteiger partial charge in [0.1, 0.15) is 4.47 Å². The number of aromatic nitrogens is 2. The maximum Gasteiger partial charge on any atom is 0.282 e. The van der Waals surface area contributed by atoms with E-state index in [1.807, 2.05) is 0 Å². The van der Waals surface area contributed by atoms with E-state index in [1.165, 1.54) is 4.68 Å². The zero-order valence-electron chi connectivity index (χ0n) is 9.78. The summed E-state index contributed by atoms with van der Waals surface area (Å²) in [5.41, 5.74) is 0.640. The van der Waals surface area contributed by atoms with E-state index in [2.05, 4.69) is 26.3 Å². The van der Waals surface area contributed by atoms with E-state index < -0.39 is 0 Å². The minimum Gasteiger partial charge on any atom is -0.382 e. The SMILES string of the molecule is Cn1ncc(NCC2CCOCC2)c(Br)c1=O. The minimum absolute atomic E-state index is 0.123. The fraction of sp³-hybridized carbons (Fsp3) is 0.636. The van der Waals surface area contributed by atoms with Crippen LogP contribution in [0.5, 0.6) is 0 Å². The molecule has 0 unspecified atom stereocenters. The van der Waals surface area contributed by atoms with Gasteiger partial charge in [-0.15, -0.1) is 0 Å². The fourth-order valence-corrected chi connectivity index (χ4v) is 2.34. The molecule has 0 bridgehead atoms. The molecule has 17 heavy (non-hydrogen) atoms. The van der Waals surface area contributed by atoms with Gasteiger partial charge in [0.25, 0.3) is 5.56 Å². The predicted molar refractivity (Wildman–Crippen MR) is 69.2 cm³/mol. The molecule has 0 spiro atoms. The number of anilines is 1. The Morgan fingerprint density at radius 3 is 3.00 bits per heavy atom. The molecule has 1 saturated heterocycles. The Labute approximate surface area is 108 Å². The average Bonchev–Trinajstić information content (AvgIpc) is 2.36. The summed E-state index contributed by atoms with van der Waals surface area (Å²) >= 11 is 3.30. The molecule has 1 aromatic rings. The van der Waals surface area contributed by atoms with Gasteiger partial charge >= 0.3 is 0 Å². The van der Waals surface area contributed by atoms with Crippen molar-refractivity contribution in [3.05, 3.63) is 21.0 Å². The molecule has 0 saturated carbocycles. The lowest BCUT2D eigenvalue weighted by Gasteiger charge is -2.22. The van der Waals surface area contributed by atoms with E-state index in [1.54, 1.807) is 13.2 Å². The standard InChI is InChI=1S/C11H16BrN3O2/c1-15-11(16)10(12)9(7-14-15)13-6-8-2-4-17-5-3-8/h7-8,13H,2-6H2,1H3.